The Morgan fingerprint density at radius 3 is 2.79 bits per heavy atom. The second kappa shape index (κ2) is 6.26. The number of hydrogen-bond donors (Lipinski definition) is 1. The van der Waals surface area contributed by atoms with Crippen LogP contribution in [0.25, 0.3) is 0 Å². The second-order valence-electron chi connectivity index (χ2n) is 4.73. The molecule has 2 rings (SSSR count). The molecule has 104 valence electrons. The molecule has 0 fully saturated rings. The van der Waals surface area contributed by atoms with E-state index in [2.05, 4.69) is 30.3 Å². The van der Waals surface area contributed by atoms with E-state index in [0.717, 1.165) is 24.3 Å². The largest absolute Gasteiger partial charge is 0.448 e. The van der Waals surface area contributed by atoms with Crippen LogP contribution >= 0.6 is 11.6 Å². The van der Waals surface area contributed by atoms with Crippen LogP contribution in [0.3, 0.4) is 0 Å². The maximum Gasteiger partial charge on any atom is 0.193 e. The first-order chi connectivity index (χ1) is 9.13. The smallest absolute Gasteiger partial charge is 0.193 e. The number of halogens is 1. The van der Waals surface area contributed by atoms with Crippen LogP contribution in [-0.4, -0.2) is 16.8 Å². The Morgan fingerprint density at radius 2 is 2.21 bits per heavy atom. The van der Waals surface area contributed by atoms with Crippen molar-refractivity contribution in [1.29, 1.82) is 0 Å². The van der Waals surface area contributed by atoms with Gasteiger partial charge < -0.3 is 9.73 Å². The average Bonchev–Trinajstić information content (AvgIpc) is 3.04. The van der Waals surface area contributed by atoms with Crippen LogP contribution < -0.4 is 5.32 Å². The Balaban J connectivity index is 2.08. The van der Waals surface area contributed by atoms with Crippen LogP contribution in [-0.2, 0) is 6.42 Å². The number of likely N-dealkylation sites (N-methyl/N-ethyl adjacent to an activating group) is 1. The molecular formula is C14H20ClN3O. The third-order valence-electron chi connectivity index (χ3n) is 3.41. The standard InChI is InChI=1S/C14H20ClN3O/c1-4-10(2)18-8-7-11(17-18)9-12(16-3)13-5-6-14(15)19-13/h5-8,10,12,16H,4,9H2,1-3H3. The molecule has 0 aliphatic heterocycles. The van der Waals surface area contributed by atoms with Crippen molar-refractivity contribution in [2.24, 2.45) is 0 Å². The van der Waals surface area contributed by atoms with Crippen molar-refractivity contribution in [3.8, 4) is 0 Å². The third-order valence-corrected chi connectivity index (χ3v) is 3.61. The third kappa shape index (κ3) is 3.39. The fraction of sp³-hybridized carbons (Fsp3) is 0.500. The Kier molecular flexibility index (Phi) is 4.66. The molecule has 0 aromatic carbocycles. The summed E-state index contributed by atoms with van der Waals surface area (Å²) in [4.78, 5) is 0. The van der Waals surface area contributed by atoms with E-state index in [4.69, 9.17) is 16.0 Å². The van der Waals surface area contributed by atoms with Crippen LogP contribution in [0.5, 0.6) is 0 Å². The average molecular weight is 282 g/mol. The number of aromatic nitrogens is 2. The van der Waals surface area contributed by atoms with E-state index >= 15 is 0 Å². The first kappa shape index (κ1) is 14.2. The van der Waals surface area contributed by atoms with Gasteiger partial charge in [-0.15, -0.1) is 0 Å². The predicted molar refractivity (Wildman–Crippen MR) is 76.5 cm³/mol. The molecule has 4 nitrogen and oxygen atoms in total. The van der Waals surface area contributed by atoms with Gasteiger partial charge in [-0.3, -0.25) is 4.68 Å². The minimum Gasteiger partial charge on any atom is -0.448 e. The fourth-order valence-electron chi connectivity index (χ4n) is 1.99. The fourth-order valence-corrected chi connectivity index (χ4v) is 2.14. The van der Waals surface area contributed by atoms with Crippen molar-refractivity contribution in [2.45, 2.75) is 38.8 Å². The van der Waals surface area contributed by atoms with E-state index in [1.165, 1.54) is 0 Å². The molecule has 2 unspecified atom stereocenters. The van der Waals surface area contributed by atoms with Gasteiger partial charge in [0.25, 0.3) is 0 Å². The number of hydrogen-bond acceptors (Lipinski definition) is 3. The molecule has 0 amide bonds. The maximum atomic E-state index is 5.81. The van der Waals surface area contributed by atoms with Crippen LogP contribution in [0, 0.1) is 0 Å². The van der Waals surface area contributed by atoms with Gasteiger partial charge in [0.05, 0.1) is 11.7 Å². The van der Waals surface area contributed by atoms with Gasteiger partial charge in [0.15, 0.2) is 5.22 Å². The van der Waals surface area contributed by atoms with E-state index in [0.29, 0.717) is 11.3 Å². The highest BCUT2D eigenvalue weighted by molar-refractivity contribution is 6.28. The van der Waals surface area contributed by atoms with Crippen LogP contribution in [0.1, 0.15) is 43.8 Å². The lowest BCUT2D eigenvalue weighted by molar-refractivity contribution is 0.423. The molecule has 0 aliphatic rings. The monoisotopic (exact) mass is 281 g/mol. The van der Waals surface area contributed by atoms with E-state index in [1.54, 1.807) is 6.07 Å². The van der Waals surface area contributed by atoms with Gasteiger partial charge in [-0.1, -0.05) is 6.92 Å². The Bertz CT molecular complexity index is 520. The highest BCUT2D eigenvalue weighted by Gasteiger charge is 2.16. The van der Waals surface area contributed by atoms with Gasteiger partial charge in [0.2, 0.25) is 0 Å². The van der Waals surface area contributed by atoms with Crippen molar-refractivity contribution in [3.05, 3.63) is 41.1 Å². The molecular weight excluding hydrogens is 262 g/mol. The Labute approximate surface area is 118 Å². The van der Waals surface area contributed by atoms with E-state index in [-0.39, 0.29) is 6.04 Å². The molecule has 2 aromatic heterocycles. The van der Waals surface area contributed by atoms with Gasteiger partial charge >= 0.3 is 0 Å². The van der Waals surface area contributed by atoms with Crippen molar-refractivity contribution >= 4 is 11.6 Å². The molecule has 19 heavy (non-hydrogen) atoms. The van der Waals surface area contributed by atoms with E-state index in [1.807, 2.05) is 24.0 Å². The topological polar surface area (TPSA) is 43.0 Å². The summed E-state index contributed by atoms with van der Waals surface area (Å²) in [5, 5.41) is 8.25. The number of rotatable bonds is 6. The molecule has 1 N–H and O–H groups in total. The summed E-state index contributed by atoms with van der Waals surface area (Å²) in [7, 11) is 1.91. The Morgan fingerprint density at radius 1 is 1.42 bits per heavy atom. The lowest BCUT2D eigenvalue weighted by atomic mass is 10.1. The summed E-state index contributed by atoms with van der Waals surface area (Å²) >= 11 is 5.81. The first-order valence-corrected chi connectivity index (χ1v) is 6.98. The zero-order valence-electron chi connectivity index (χ0n) is 11.6. The summed E-state index contributed by atoms with van der Waals surface area (Å²) in [5.74, 6) is 0.839. The summed E-state index contributed by atoms with van der Waals surface area (Å²) in [6.07, 6.45) is 3.89. The van der Waals surface area contributed by atoms with Crippen molar-refractivity contribution in [1.82, 2.24) is 15.1 Å². The van der Waals surface area contributed by atoms with Gasteiger partial charge in [0.1, 0.15) is 5.76 Å². The number of nitrogens with one attached hydrogen (secondary N) is 1. The second-order valence-corrected chi connectivity index (χ2v) is 5.10. The lowest BCUT2D eigenvalue weighted by Crippen LogP contribution is -2.18. The lowest BCUT2D eigenvalue weighted by Gasteiger charge is -2.12. The molecule has 2 heterocycles. The SMILES string of the molecule is CCC(C)n1ccc(CC(NC)c2ccc(Cl)o2)n1. The van der Waals surface area contributed by atoms with Gasteiger partial charge in [-0.2, -0.15) is 5.10 Å². The van der Waals surface area contributed by atoms with Crippen LogP contribution in [0.15, 0.2) is 28.8 Å². The zero-order chi connectivity index (χ0) is 13.8. The highest BCUT2D eigenvalue weighted by atomic mass is 35.5. The molecule has 5 heteroatoms. The van der Waals surface area contributed by atoms with Crippen molar-refractivity contribution in [2.75, 3.05) is 7.05 Å². The summed E-state index contributed by atoms with van der Waals surface area (Å²) in [5.41, 5.74) is 1.05. The van der Waals surface area contributed by atoms with E-state index in [9.17, 15) is 0 Å². The molecule has 2 atom stereocenters. The molecule has 0 spiro atoms. The number of furan rings is 1. The minimum atomic E-state index is 0.0905. The van der Waals surface area contributed by atoms with E-state index < -0.39 is 0 Å². The molecule has 0 radical (unpaired) electrons. The summed E-state index contributed by atoms with van der Waals surface area (Å²) in [6, 6.07) is 6.24. The number of nitrogens with zero attached hydrogens (tertiary/aromatic N) is 2. The quantitative estimate of drug-likeness (QED) is 0.880. The molecule has 0 saturated carbocycles. The summed E-state index contributed by atoms with van der Waals surface area (Å²) in [6.45, 7) is 4.33. The molecule has 0 saturated heterocycles. The zero-order valence-corrected chi connectivity index (χ0v) is 12.3. The molecule has 0 aliphatic carbocycles. The normalized spacial score (nSPS) is 14.5. The highest BCUT2D eigenvalue weighted by Crippen LogP contribution is 2.22. The maximum absolute atomic E-state index is 5.81. The van der Waals surface area contributed by atoms with Crippen molar-refractivity contribution < 1.29 is 4.42 Å². The van der Waals surface area contributed by atoms with Crippen LogP contribution in [0.2, 0.25) is 5.22 Å². The Hall–Kier alpha value is -1.26. The van der Waals surface area contributed by atoms with Crippen LogP contribution in [0.4, 0.5) is 0 Å². The van der Waals surface area contributed by atoms with Gasteiger partial charge in [0, 0.05) is 18.7 Å². The molecule has 2 aromatic rings. The first-order valence-electron chi connectivity index (χ1n) is 6.60. The molecule has 0 bridgehead atoms. The van der Waals surface area contributed by atoms with Gasteiger partial charge in [-0.05, 0) is 50.2 Å². The predicted octanol–water partition coefficient (Wildman–Crippen LogP) is 3.60. The van der Waals surface area contributed by atoms with Gasteiger partial charge in [-0.25, -0.2) is 0 Å². The minimum absolute atomic E-state index is 0.0905. The summed E-state index contributed by atoms with van der Waals surface area (Å²) < 4.78 is 7.46. The van der Waals surface area contributed by atoms with Crippen molar-refractivity contribution in [3.63, 3.8) is 0 Å².